The number of carbonyl (C=O) groups excluding carboxylic acids is 2. The van der Waals surface area contributed by atoms with E-state index in [-0.39, 0.29) is 17.6 Å². The number of carbonyl (C=O) groups is 2. The van der Waals surface area contributed by atoms with Crippen LogP contribution in [0.25, 0.3) is 0 Å². The van der Waals surface area contributed by atoms with Crippen LogP contribution in [0.1, 0.15) is 37.9 Å². The van der Waals surface area contributed by atoms with Gasteiger partial charge in [-0.2, -0.15) is 0 Å². The van der Waals surface area contributed by atoms with E-state index in [4.69, 9.17) is 0 Å². The molecule has 6 heteroatoms. The van der Waals surface area contributed by atoms with Gasteiger partial charge in [-0.1, -0.05) is 46.3 Å². The Morgan fingerprint density at radius 3 is 2.46 bits per heavy atom. The monoisotopic (exact) mass is 446 g/mol. The number of aryl methyl sites for hydroxylation is 1. The normalized spacial score (nSPS) is 16.8. The van der Waals surface area contributed by atoms with Crippen molar-refractivity contribution in [3.05, 3.63) is 64.1 Å². The summed E-state index contributed by atoms with van der Waals surface area (Å²) < 4.78 is 5.58. The van der Waals surface area contributed by atoms with E-state index < -0.39 is 0 Å². The second-order valence-electron chi connectivity index (χ2n) is 7.58. The lowest BCUT2D eigenvalue weighted by atomic mass is 10.0. The van der Waals surface area contributed by atoms with Crippen molar-refractivity contribution in [1.29, 1.82) is 0 Å². The molecule has 0 aliphatic carbocycles. The van der Waals surface area contributed by atoms with E-state index in [9.17, 15) is 9.59 Å². The molecule has 2 aromatic rings. The lowest BCUT2D eigenvalue weighted by Gasteiger charge is -2.37. The summed E-state index contributed by atoms with van der Waals surface area (Å²) in [5, 5.41) is 3.22. The average molecular weight is 447 g/mol. The number of amides is 1. The number of ether oxygens (including phenoxy) is 1. The summed E-state index contributed by atoms with van der Waals surface area (Å²) in [4.78, 5) is 24.0. The molecule has 1 aliphatic heterocycles. The molecule has 0 aromatic heterocycles. The first-order valence-corrected chi connectivity index (χ1v) is 9.97. The van der Waals surface area contributed by atoms with Crippen molar-refractivity contribution < 1.29 is 14.3 Å². The summed E-state index contributed by atoms with van der Waals surface area (Å²) in [5.41, 5.74) is 2.93. The van der Waals surface area contributed by atoms with Crippen LogP contribution in [0.4, 0.5) is 5.69 Å². The zero-order chi connectivity index (χ0) is 20.7. The summed E-state index contributed by atoms with van der Waals surface area (Å²) in [7, 11) is 0. The molecule has 28 heavy (non-hydrogen) atoms. The molecule has 3 rings (SSSR count). The standard InChI is InChI=1S/C17H17BrN2O.C5H10O2/c1-12-5-2-3-8-15(12)20-16(10-19-11-17(20)21)13-6-4-7-14(18)9-13;1-5(2,3)7-4-6/h2-9,16,19H,10-11H2,1H3;4H,1-3H3. The third-order valence-electron chi connectivity index (χ3n) is 4.20. The SMILES string of the molecule is CC(C)(C)OC=O.Cc1ccccc1N1C(=O)CNCC1c1cccc(Br)c1. The molecule has 1 amide bonds. The Balaban J connectivity index is 0.000000345. The van der Waals surface area contributed by atoms with Crippen LogP contribution >= 0.6 is 15.9 Å². The fourth-order valence-corrected chi connectivity index (χ4v) is 3.34. The molecule has 5 nitrogen and oxygen atoms in total. The van der Waals surface area contributed by atoms with Crippen molar-refractivity contribution in [1.82, 2.24) is 5.32 Å². The number of halogens is 1. The number of rotatable bonds is 3. The van der Waals surface area contributed by atoms with Crippen LogP contribution in [0.3, 0.4) is 0 Å². The fraction of sp³-hybridized carbons (Fsp3) is 0.364. The van der Waals surface area contributed by atoms with Gasteiger partial charge in [0, 0.05) is 16.7 Å². The summed E-state index contributed by atoms with van der Waals surface area (Å²) in [5.74, 6) is 0.112. The van der Waals surface area contributed by atoms with Crippen LogP contribution in [0.2, 0.25) is 0 Å². The molecule has 2 aromatic carbocycles. The van der Waals surface area contributed by atoms with Crippen LogP contribution in [0.15, 0.2) is 53.0 Å². The highest BCUT2D eigenvalue weighted by atomic mass is 79.9. The first-order valence-electron chi connectivity index (χ1n) is 9.18. The van der Waals surface area contributed by atoms with Gasteiger partial charge in [-0.3, -0.25) is 9.59 Å². The van der Waals surface area contributed by atoms with Gasteiger partial charge >= 0.3 is 0 Å². The van der Waals surface area contributed by atoms with Gasteiger partial charge in [0.2, 0.25) is 5.91 Å². The maximum atomic E-state index is 12.5. The minimum atomic E-state index is -0.318. The third kappa shape index (κ3) is 6.17. The Kier molecular flexibility index (Phi) is 7.78. The predicted molar refractivity (Wildman–Crippen MR) is 115 cm³/mol. The van der Waals surface area contributed by atoms with E-state index >= 15 is 0 Å². The van der Waals surface area contributed by atoms with Crippen LogP contribution in [0.5, 0.6) is 0 Å². The van der Waals surface area contributed by atoms with E-state index in [1.165, 1.54) is 0 Å². The molecule has 0 saturated carbocycles. The van der Waals surface area contributed by atoms with E-state index in [1.807, 2.05) is 69.0 Å². The summed E-state index contributed by atoms with van der Waals surface area (Å²) in [6, 6.07) is 16.2. The molecule has 1 aliphatic rings. The van der Waals surface area contributed by atoms with Crippen molar-refractivity contribution in [2.45, 2.75) is 39.3 Å². The second-order valence-corrected chi connectivity index (χ2v) is 8.49. The number of hydrogen-bond acceptors (Lipinski definition) is 4. The smallest absolute Gasteiger partial charge is 0.293 e. The number of nitrogens with one attached hydrogen (secondary N) is 1. The predicted octanol–water partition coefficient (Wildman–Crippen LogP) is 4.39. The van der Waals surface area contributed by atoms with Crippen molar-refractivity contribution >= 4 is 34.0 Å². The summed E-state index contributed by atoms with van der Waals surface area (Å²) in [6.07, 6.45) is 0. The Hall–Kier alpha value is -2.18. The van der Waals surface area contributed by atoms with Crippen LogP contribution in [0, 0.1) is 6.92 Å². The Bertz CT molecular complexity index is 817. The first-order chi connectivity index (χ1) is 13.2. The highest BCUT2D eigenvalue weighted by Gasteiger charge is 2.31. The number of piperazine rings is 1. The summed E-state index contributed by atoms with van der Waals surface area (Å²) >= 11 is 3.51. The second kappa shape index (κ2) is 9.85. The number of benzene rings is 2. The molecule has 0 bridgehead atoms. The molecule has 0 spiro atoms. The van der Waals surface area contributed by atoms with Gasteiger partial charge in [0.1, 0.15) is 5.60 Å². The van der Waals surface area contributed by atoms with Crippen molar-refractivity contribution in [3.8, 4) is 0 Å². The topological polar surface area (TPSA) is 58.6 Å². The van der Waals surface area contributed by atoms with Crippen molar-refractivity contribution in [2.24, 2.45) is 0 Å². The van der Waals surface area contributed by atoms with Crippen LogP contribution in [-0.4, -0.2) is 31.1 Å². The molecular formula is C22H27BrN2O3. The zero-order valence-corrected chi connectivity index (χ0v) is 18.3. The highest BCUT2D eigenvalue weighted by Crippen LogP contribution is 2.32. The third-order valence-corrected chi connectivity index (χ3v) is 4.70. The van der Waals surface area contributed by atoms with Gasteiger partial charge in [0.15, 0.2) is 0 Å². The van der Waals surface area contributed by atoms with E-state index in [2.05, 4.69) is 38.1 Å². The quantitative estimate of drug-likeness (QED) is 0.709. The van der Waals surface area contributed by atoms with Crippen LogP contribution in [-0.2, 0) is 14.3 Å². The fourth-order valence-electron chi connectivity index (χ4n) is 2.93. The zero-order valence-electron chi connectivity index (χ0n) is 16.7. The molecule has 1 N–H and O–H groups in total. The van der Waals surface area contributed by atoms with E-state index in [0.29, 0.717) is 13.0 Å². The van der Waals surface area contributed by atoms with Crippen molar-refractivity contribution in [2.75, 3.05) is 18.0 Å². The van der Waals surface area contributed by atoms with Gasteiger partial charge < -0.3 is 15.0 Å². The van der Waals surface area contributed by atoms with Crippen molar-refractivity contribution in [3.63, 3.8) is 0 Å². The minimum absolute atomic E-state index is 0.0184. The molecule has 1 heterocycles. The minimum Gasteiger partial charge on any atom is -0.462 e. The molecule has 150 valence electrons. The Labute approximate surface area is 175 Å². The van der Waals surface area contributed by atoms with Gasteiger partial charge in [-0.05, 0) is 57.0 Å². The molecule has 1 fully saturated rings. The van der Waals surface area contributed by atoms with Gasteiger partial charge in [-0.15, -0.1) is 0 Å². The van der Waals surface area contributed by atoms with E-state index in [1.54, 1.807) is 0 Å². The Morgan fingerprint density at radius 1 is 1.18 bits per heavy atom. The molecular weight excluding hydrogens is 420 g/mol. The lowest BCUT2D eigenvalue weighted by molar-refractivity contribution is -0.138. The number of anilines is 1. The lowest BCUT2D eigenvalue weighted by Crippen LogP contribution is -2.50. The molecule has 1 saturated heterocycles. The molecule has 1 unspecified atom stereocenters. The average Bonchev–Trinajstić information content (AvgIpc) is 2.62. The largest absolute Gasteiger partial charge is 0.462 e. The van der Waals surface area contributed by atoms with E-state index in [0.717, 1.165) is 27.8 Å². The maximum Gasteiger partial charge on any atom is 0.293 e. The molecule has 1 atom stereocenters. The Morgan fingerprint density at radius 2 is 1.89 bits per heavy atom. The first kappa shape index (κ1) is 22.1. The summed E-state index contributed by atoms with van der Waals surface area (Å²) in [6.45, 7) is 9.11. The number of hydrogen-bond donors (Lipinski definition) is 1. The number of para-hydroxylation sites is 1. The van der Waals surface area contributed by atoms with Gasteiger partial charge in [-0.25, -0.2) is 0 Å². The number of nitrogens with zero attached hydrogens (tertiary/aromatic N) is 1. The molecule has 0 radical (unpaired) electrons. The van der Waals surface area contributed by atoms with Crippen LogP contribution < -0.4 is 10.2 Å². The maximum absolute atomic E-state index is 12.5. The van der Waals surface area contributed by atoms with Gasteiger partial charge in [0.25, 0.3) is 6.47 Å². The van der Waals surface area contributed by atoms with Gasteiger partial charge in [0.05, 0.1) is 12.6 Å². The highest BCUT2D eigenvalue weighted by molar-refractivity contribution is 9.10.